The van der Waals surface area contributed by atoms with Crippen molar-refractivity contribution in [1.82, 2.24) is 20.3 Å². The fourth-order valence-electron chi connectivity index (χ4n) is 4.95. The summed E-state index contributed by atoms with van der Waals surface area (Å²) in [5.74, 6) is 0.583. The average molecular weight is 572 g/mol. The van der Waals surface area contributed by atoms with Gasteiger partial charge in [-0.05, 0) is 56.0 Å². The Bertz CT molecular complexity index is 1620. The maximum Gasteiger partial charge on any atom is 0.342 e. The van der Waals surface area contributed by atoms with Crippen LogP contribution in [0, 0.1) is 5.82 Å². The van der Waals surface area contributed by atoms with Gasteiger partial charge in [-0.1, -0.05) is 34.4 Å². The van der Waals surface area contributed by atoms with Gasteiger partial charge in [0.05, 0.1) is 22.8 Å². The zero-order chi connectivity index (χ0) is 27.1. The van der Waals surface area contributed by atoms with Crippen molar-refractivity contribution in [1.29, 1.82) is 0 Å². The lowest BCUT2D eigenvalue weighted by Gasteiger charge is -2.33. The van der Waals surface area contributed by atoms with Crippen LogP contribution >= 0.6 is 23.2 Å². The van der Waals surface area contributed by atoms with Crippen LogP contribution in [0.3, 0.4) is 0 Å². The Kier molecular flexibility index (Phi) is 7.01. The van der Waals surface area contributed by atoms with Crippen molar-refractivity contribution >= 4 is 28.9 Å². The van der Waals surface area contributed by atoms with Crippen molar-refractivity contribution in [3.63, 3.8) is 0 Å². The lowest BCUT2D eigenvalue weighted by molar-refractivity contribution is 0.0246. The monoisotopic (exact) mass is 571 g/mol. The van der Waals surface area contributed by atoms with E-state index in [0.717, 1.165) is 37.0 Å². The number of hydrogen-bond donors (Lipinski definition) is 2. The molecule has 9 nitrogen and oxygen atoms in total. The van der Waals surface area contributed by atoms with Crippen LogP contribution in [0.2, 0.25) is 10.0 Å². The Morgan fingerprint density at radius 2 is 1.79 bits per heavy atom. The van der Waals surface area contributed by atoms with E-state index in [-0.39, 0.29) is 17.4 Å². The first-order chi connectivity index (χ1) is 18.9. The largest absolute Gasteiger partial charge is 0.373 e. The quantitative estimate of drug-likeness (QED) is 0.309. The van der Waals surface area contributed by atoms with Crippen LogP contribution in [-0.2, 0) is 11.3 Å². The zero-order valence-corrected chi connectivity index (χ0v) is 22.2. The molecule has 1 saturated carbocycles. The van der Waals surface area contributed by atoms with Gasteiger partial charge in [-0.3, -0.25) is 9.78 Å². The molecule has 0 spiro atoms. The Labute approximate surface area is 231 Å². The highest BCUT2D eigenvalue weighted by Crippen LogP contribution is 2.46. The molecule has 39 heavy (non-hydrogen) atoms. The maximum atomic E-state index is 14.9. The number of aromatic amines is 2. The van der Waals surface area contributed by atoms with E-state index in [4.69, 9.17) is 32.5 Å². The van der Waals surface area contributed by atoms with Crippen LogP contribution in [0.1, 0.15) is 42.9 Å². The van der Waals surface area contributed by atoms with Gasteiger partial charge in [0, 0.05) is 41.4 Å². The predicted octanol–water partition coefficient (Wildman–Crippen LogP) is 5.29. The molecule has 202 valence electrons. The molecule has 0 radical (unpaired) electrons. The van der Waals surface area contributed by atoms with E-state index >= 15 is 0 Å². The first kappa shape index (κ1) is 25.8. The van der Waals surface area contributed by atoms with Gasteiger partial charge in [0.1, 0.15) is 17.3 Å². The molecule has 6 rings (SSSR count). The van der Waals surface area contributed by atoms with E-state index in [0.29, 0.717) is 52.6 Å². The minimum absolute atomic E-state index is 0.00536. The highest BCUT2D eigenvalue weighted by atomic mass is 35.5. The molecule has 1 saturated heterocycles. The van der Waals surface area contributed by atoms with Crippen LogP contribution in [-0.4, -0.2) is 39.5 Å². The van der Waals surface area contributed by atoms with E-state index < -0.39 is 17.1 Å². The molecule has 0 amide bonds. The second-order valence-electron chi connectivity index (χ2n) is 9.76. The summed E-state index contributed by atoms with van der Waals surface area (Å²) >= 11 is 12.9. The minimum atomic E-state index is -0.749. The molecule has 1 aliphatic carbocycles. The molecule has 12 heteroatoms. The van der Waals surface area contributed by atoms with Crippen molar-refractivity contribution in [2.24, 2.45) is 0 Å². The molecule has 2 aromatic carbocycles. The maximum absolute atomic E-state index is 14.9. The molecule has 1 aliphatic heterocycles. The van der Waals surface area contributed by atoms with Crippen molar-refractivity contribution in [2.45, 2.75) is 44.3 Å². The summed E-state index contributed by atoms with van der Waals surface area (Å²) in [4.78, 5) is 27.3. The number of nitrogens with zero attached hydrogens (tertiary/aromatic N) is 3. The third kappa shape index (κ3) is 5.24. The molecular weight excluding hydrogens is 548 g/mol. The smallest absolute Gasteiger partial charge is 0.342 e. The Balaban J connectivity index is 1.13. The second-order valence-corrected chi connectivity index (χ2v) is 10.6. The van der Waals surface area contributed by atoms with Gasteiger partial charge in [0.15, 0.2) is 5.69 Å². The summed E-state index contributed by atoms with van der Waals surface area (Å²) in [5, 5.41) is 11.1. The minimum Gasteiger partial charge on any atom is -0.373 e. The van der Waals surface area contributed by atoms with Gasteiger partial charge in [0.25, 0.3) is 5.56 Å². The highest BCUT2D eigenvalue weighted by molar-refractivity contribution is 6.39. The van der Waals surface area contributed by atoms with Crippen molar-refractivity contribution < 1.29 is 13.7 Å². The summed E-state index contributed by atoms with van der Waals surface area (Å²) in [7, 11) is 0. The predicted molar refractivity (Wildman–Crippen MR) is 145 cm³/mol. The van der Waals surface area contributed by atoms with Gasteiger partial charge in [0.2, 0.25) is 0 Å². The number of ether oxygens (including phenoxy) is 1. The zero-order valence-electron chi connectivity index (χ0n) is 20.7. The van der Waals surface area contributed by atoms with Crippen molar-refractivity contribution in [3.05, 3.63) is 84.4 Å². The standard InChI is InChI=1S/C27H24Cl2FN5O4/c28-19-2-1-3-20(29)22(19)23-18(25(39-34-23)14-4-5-14)13-38-16-8-10-35(11-9-16)15-6-7-17(21(30)12-15)24-26(36)31-27(37)33-32-24/h1-3,6-7,12,14,16H,4-5,8-11,13H2,(H2,31,33,36,37). The molecule has 2 aromatic heterocycles. The van der Waals surface area contributed by atoms with Crippen LogP contribution in [0.4, 0.5) is 10.1 Å². The van der Waals surface area contributed by atoms with E-state index in [9.17, 15) is 14.0 Å². The molecule has 2 N–H and O–H groups in total. The number of benzene rings is 2. The van der Waals surface area contributed by atoms with Gasteiger partial charge in [-0.2, -0.15) is 5.10 Å². The molecule has 2 aliphatic rings. The third-order valence-electron chi connectivity index (χ3n) is 7.16. The van der Waals surface area contributed by atoms with Gasteiger partial charge in [-0.25, -0.2) is 14.3 Å². The fraction of sp³-hybridized carbons (Fsp3) is 0.333. The van der Waals surface area contributed by atoms with Gasteiger partial charge in [-0.15, -0.1) is 0 Å². The lowest BCUT2D eigenvalue weighted by Crippen LogP contribution is -2.37. The fourth-order valence-corrected chi connectivity index (χ4v) is 5.53. The summed E-state index contributed by atoms with van der Waals surface area (Å²) in [5.41, 5.74) is 1.19. The van der Waals surface area contributed by atoms with Crippen LogP contribution in [0.5, 0.6) is 0 Å². The Morgan fingerprint density at radius 3 is 2.46 bits per heavy atom. The Morgan fingerprint density at radius 1 is 1.05 bits per heavy atom. The Hall–Kier alpha value is -3.47. The number of aromatic nitrogens is 4. The number of H-pyrrole nitrogens is 2. The topological polar surface area (TPSA) is 117 Å². The number of piperidine rings is 1. The van der Waals surface area contributed by atoms with E-state index in [1.807, 2.05) is 0 Å². The summed E-state index contributed by atoms with van der Waals surface area (Å²) in [6, 6.07) is 9.96. The number of hydrogen-bond acceptors (Lipinski definition) is 7. The summed E-state index contributed by atoms with van der Waals surface area (Å²) < 4.78 is 27.0. The highest BCUT2D eigenvalue weighted by Gasteiger charge is 2.34. The van der Waals surface area contributed by atoms with Crippen LogP contribution in [0.25, 0.3) is 22.5 Å². The van der Waals surface area contributed by atoms with Gasteiger partial charge >= 0.3 is 5.69 Å². The van der Waals surface area contributed by atoms with Gasteiger partial charge < -0.3 is 14.2 Å². The SMILES string of the molecule is O=c1[nH]nc(-c2ccc(N3CCC(OCc4c(-c5c(Cl)cccc5Cl)noc4C4CC4)CC3)cc2F)c(=O)[nH]1. The number of anilines is 1. The molecule has 0 unspecified atom stereocenters. The number of nitrogens with one attached hydrogen (secondary N) is 2. The first-order valence-electron chi connectivity index (χ1n) is 12.7. The van der Waals surface area contributed by atoms with Crippen LogP contribution in [0.15, 0.2) is 50.5 Å². The first-order valence-corrected chi connectivity index (χ1v) is 13.4. The van der Waals surface area contributed by atoms with E-state index in [1.165, 1.54) is 12.1 Å². The molecule has 4 aromatic rings. The molecular formula is C27H24Cl2FN5O4. The normalized spacial score (nSPS) is 16.1. The van der Waals surface area contributed by atoms with Crippen LogP contribution < -0.4 is 16.1 Å². The summed E-state index contributed by atoms with van der Waals surface area (Å²) in [6.45, 7) is 1.67. The van der Waals surface area contributed by atoms with Crippen molar-refractivity contribution in [2.75, 3.05) is 18.0 Å². The van der Waals surface area contributed by atoms with E-state index in [2.05, 4.69) is 25.2 Å². The number of halogens is 3. The summed E-state index contributed by atoms with van der Waals surface area (Å²) in [6.07, 6.45) is 3.61. The second kappa shape index (κ2) is 10.6. The molecule has 2 fully saturated rings. The molecule has 0 bridgehead atoms. The molecule has 3 heterocycles. The number of rotatable bonds is 7. The lowest BCUT2D eigenvalue weighted by atomic mass is 10.0. The van der Waals surface area contributed by atoms with Crippen molar-refractivity contribution in [3.8, 4) is 22.5 Å². The average Bonchev–Trinajstić information content (AvgIpc) is 3.68. The third-order valence-corrected chi connectivity index (χ3v) is 7.79. The van der Waals surface area contributed by atoms with E-state index in [1.54, 1.807) is 24.3 Å². The molecule has 0 atom stereocenters.